The zero-order chi connectivity index (χ0) is 38.9. The maximum absolute atomic E-state index is 14.4. The third-order valence-electron chi connectivity index (χ3n) is 8.98. The third-order valence-corrected chi connectivity index (χ3v) is 10.8. The van der Waals surface area contributed by atoms with E-state index in [9.17, 15) is 36.3 Å². The quantitative estimate of drug-likeness (QED) is 0.225. The number of urea groups is 1. The third kappa shape index (κ3) is 11.1. The van der Waals surface area contributed by atoms with Crippen molar-refractivity contribution in [3.8, 4) is 11.5 Å². The number of nitrogens with zero attached hydrogens (tertiary/aromatic N) is 2. The Morgan fingerprint density at radius 3 is 2.30 bits per heavy atom. The van der Waals surface area contributed by atoms with Crippen molar-refractivity contribution in [3.05, 3.63) is 77.9 Å². The number of halogens is 3. The van der Waals surface area contributed by atoms with E-state index in [0.29, 0.717) is 25.2 Å². The zero-order valence-corrected chi connectivity index (χ0v) is 31.2. The molecule has 0 fully saturated rings. The van der Waals surface area contributed by atoms with E-state index in [2.05, 4.69) is 10.6 Å². The van der Waals surface area contributed by atoms with Crippen LogP contribution >= 0.6 is 0 Å². The molecular formula is C37H47F3N4O8S. The molecule has 12 nitrogen and oxygen atoms in total. The standard InChI is InChI=1S/C37H47F3N4O8S/c1-24-21-44(25(2)23-45)35(46)32-20-29(42-36(47)41-28-11-9-27(10-12-28)37(38,39)40)13-18-33(32)52-26(3)8-6-7-19-51-34(24)22-43(4)53(48,49)31-16-14-30(50-5)15-17-31/h9-18,20,24-26,34,45H,6-8,19,21-23H2,1-5H3,(H2,41,42,47)/t24-,25+,26+,34-/m1/s1. The van der Waals surface area contributed by atoms with E-state index in [-0.39, 0.29) is 53.4 Å². The molecule has 3 amide bonds. The molecule has 16 heteroatoms. The fourth-order valence-corrected chi connectivity index (χ4v) is 6.96. The van der Waals surface area contributed by atoms with Crippen LogP contribution in [0.25, 0.3) is 0 Å². The van der Waals surface area contributed by atoms with Gasteiger partial charge in [-0.25, -0.2) is 13.2 Å². The van der Waals surface area contributed by atoms with E-state index >= 15 is 0 Å². The number of methoxy groups -OCH3 is 1. The topological polar surface area (TPSA) is 147 Å². The maximum Gasteiger partial charge on any atom is 0.416 e. The van der Waals surface area contributed by atoms with E-state index in [4.69, 9.17) is 14.2 Å². The van der Waals surface area contributed by atoms with E-state index in [1.807, 2.05) is 13.8 Å². The van der Waals surface area contributed by atoms with Crippen LogP contribution < -0.4 is 20.1 Å². The van der Waals surface area contributed by atoms with Crippen molar-refractivity contribution in [2.24, 2.45) is 5.92 Å². The van der Waals surface area contributed by atoms with Gasteiger partial charge in [-0.15, -0.1) is 0 Å². The highest BCUT2D eigenvalue weighted by atomic mass is 32.2. The van der Waals surface area contributed by atoms with Gasteiger partial charge in [0, 0.05) is 44.0 Å². The van der Waals surface area contributed by atoms with Crippen LogP contribution in [0, 0.1) is 5.92 Å². The minimum absolute atomic E-state index is 0.0106. The minimum atomic E-state index is -4.52. The molecule has 1 aliphatic heterocycles. The number of benzene rings is 3. The minimum Gasteiger partial charge on any atom is -0.497 e. The first kappa shape index (κ1) is 41.4. The lowest BCUT2D eigenvalue weighted by molar-refractivity contribution is -0.137. The lowest BCUT2D eigenvalue weighted by Crippen LogP contribution is -2.48. The summed E-state index contributed by atoms with van der Waals surface area (Å²) < 4.78 is 84.8. The Labute approximate surface area is 308 Å². The number of likely N-dealkylation sites (N-methyl/N-ethyl adjacent to an activating group) is 1. The zero-order valence-electron chi connectivity index (χ0n) is 30.4. The first-order valence-corrected chi connectivity index (χ1v) is 18.7. The predicted molar refractivity (Wildman–Crippen MR) is 194 cm³/mol. The van der Waals surface area contributed by atoms with Crippen molar-refractivity contribution < 1.29 is 50.5 Å². The predicted octanol–water partition coefficient (Wildman–Crippen LogP) is 6.47. The average molecular weight is 765 g/mol. The van der Waals surface area contributed by atoms with Crippen molar-refractivity contribution >= 4 is 33.3 Å². The largest absolute Gasteiger partial charge is 0.497 e. The van der Waals surface area contributed by atoms with Crippen LogP contribution in [0.5, 0.6) is 11.5 Å². The van der Waals surface area contributed by atoms with Gasteiger partial charge in [-0.3, -0.25) is 4.79 Å². The summed E-state index contributed by atoms with van der Waals surface area (Å²) in [7, 11) is -0.947. The van der Waals surface area contributed by atoms with Crippen LogP contribution in [-0.2, 0) is 20.9 Å². The van der Waals surface area contributed by atoms with Gasteiger partial charge in [0.1, 0.15) is 11.5 Å². The van der Waals surface area contributed by atoms with E-state index in [0.717, 1.165) is 30.7 Å². The Hall–Kier alpha value is -4.38. The summed E-state index contributed by atoms with van der Waals surface area (Å²) in [5.41, 5.74) is -0.430. The van der Waals surface area contributed by atoms with E-state index < -0.39 is 51.8 Å². The van der Waals surface area contributed by atoms with Gasteiger partial charge in [-0.1, -0.05) is 6.92 Å². The highest BCUT2D eigenvalue weighted by Crippen LogP contribution is 2.31. The number of sulfonamides is 1. The summed E-state index contributed by atoms with van der Waals surface area (Å²) in [6.45, 7) is 5.41. The molecule has 0 saturated heterocycles. The molecule has 0 unspecified atom stereocenters. The summed E-state index contributed by atoms with van der Waals surface area (Å²) in [6, 6.07) is 13.1. The molecule has 0 spiro atoms. The molecule has 0 radical (unpaired) electrons. The second-order valence-electron chi connectivity index (χ2n) is 13.1. The Balaban J connectivity index is 1.60. The molecule has 0 saturated carbocycles. The fraction of sp³-hybridized carbons (Fsp3) is 0.459. The molecular weight excluding hydrogens is 717 g/mol. The molecule has 4 rings (SSSR count). The number of anilines is 2. The van der Waals surface area contributed by atoms with Gasteiger partial charge >= 0.3 is 12.2 Å². The van der Waals surface area contributed by atoms with Crippen molar-refractivity contribution in [2.75, 3.05) is 51.1 Å². The first-order valence-electron chi connectivity index (χ1n) is 17.2. The number of fused-ring (bicyclic) bond motifs is 1. The normalized spacial score (nSPS) is 19.8. The molecule has 3 aromatic carbocycles. The van der Waals surface area contributed by atoms with E-state index in [1.54, 1.807) is 31.2 Å². The Bertz CT molecular complexity index is 1790. The molecule has 290 valence electrons. The summed E-state index contributed by atoms with van der Waals surface area (Å²) in [5.74, 6) is -0.150. The van der Waals surface area contributed by atoms with Gasteiger partial charge in [-0.2, -0.15) is 17.5 Å². The maximum atomic E-state index is 14.4. The number of aliphatic hydroxyl groups is 1. The summed E-state index contributed by atoms with van der Waals surface area (Å²) in [5, 5.41) is 15.3. The molecule has 53 heavy (non-hydrogen) atoms. The number of aliphatic hydroxyl groups excluding tert-OH is 1. The highest BCUT2D eigenvalue weighted by Gasteiger charge is 2.33. The first-order chi connectivity index (χ1) is 25.0. The van der Waals surface area contributed by atoms with Gasteiger partial charge in [0.25, 0.3) is 5.91 Å². The molecule has 1 aliphatic rings. The summed E-state index contributed by atoms with van der Waals surface area (Å²) in [6.07, 6.45) is -3.45. The van der Waals surface area contributed by atoms with Crippen LogP contribution in [-0.4, -0.2) is 93.4 Å². The van der Waals surface area contributed by atoms with Crippen LogP contribution in [0.3, 0.4) is 0 Å². The van der Waals surface area contributed by atoms with Gasteiger partial charge in [0.05, 0.1) is 48.0 Å². The number of hydrogen-bond acceptors (Lipinski definition) is 8. The molecule has 0 bridgehead atoms. The molecule has 0 aliphatic carbocycles. The number of carbonyl (C=O) groups excluding carboxylic acids is 2. The van der Waals surface area contributed by atoms with Gasteiger partial charge < -0.3 is 34.9 Å². The number of rotatable bonds is 9. The average Bonchev–Trinajstić information content (AvgIpc) is 3.12. The number of alkyl halides is 3. The fourth-order valence-electron chi connectivity index (χ4n) is 5.78. The monoisotopic (exact) mass is 764 g/mol. The number of ether oxygens (including phenoxy) is 3. The Morgan fingerprint density at radius 2 is 1.68 bits per heavy atom. The highest BCUT2D eigenvalue weighted by molar-refractivity contribution is 7.89. The number of nitrogens with one attached hydrogen (secondary N) is 2. The summed E-state index contributed by atoms with van der Waals surface area (Å²) in [4.78, 5) is 28.8. The van der Waals surface area contributed by atoms with E-state index in [1.165, 1.54) is 41.6 Å². The number of carbonyl (C=O) groups is 2. The second kappa shape index (κ2) is 18.1. The number of hydrogen-bond donors (Lipinski definition) is 3. The van der Waals surface area contributed by atoms with Crippen LogP contribution in [0.15, 0.2) is 71.6 Å². The van der Waals surface area contributed by atoms with Crippen LogP contribution in [0.4, 0.5) is 29.3 Å². The van der Waals surface area contributed by atoms with Crippen molar-refractivity contribution in [3.63, 3.8) is 0 Å². The Kier molecular flexibility index (Phi) is 14.1. The SMILES string of the molecule is COc1ccc(S(=O)(=O)N(C)C[C@H]2OCCCC[C@H](C)Oc3ccc(NC(=O)Nc4ccc(C(F)(F)F)cc4)cc3C(=O)N([C@@H](C)CO)C[C@H]2C)cc1. The van der Waals surface area contributed by atoms with Crippen molar-refractivity contribution in [2.45, 2.75) is 69.4 Å². The second-order valence-corrected chi connectivity index (χ2v) is 15.2. The molecule has 4 atom stereocenters. The van der Waals surface area contributed by atoms with Crippen LogP contribution in [0.1, 0.15) is 56.0 Å². The van der Waals surface area contributed by atoms with Gasteiger partial charge in [0.15, 0.2) is 0 Å². The van der Waals surface area contributed by atoms with Crippen molar-refractivity contribution in [1.82, 2.24) is 9.21 Å². The lowest BCUT2D eigenvalue weighted by atomic mass is 10.0. The molecule has 0 aromatic heterocycles. The van der Waals surface area contributed by atoms with Gasteiger partial charge in [0.2, 0.25) is 10.0 Å². The lowest BCUT2D eigenvalue weighted by Gasteiger charge is -2.35. The van der Waals surface area contributed by atoms with Crippen molar-refractivity contribution in [1.29, 1.82) is 0 Å². The molecule has 1 heterocycles. The van der Waals surface area contributed by atoms with Crippen LogP contribution in [0.2, 0.25) is 0 Å². The molecule has 3 aromatic rings. The number of amides is 3. The smallest absolute Gasteiger partial charge is 0.416 e. The summed E-state index contributed by atoms with van der Waals surface area (Å²) >= 11 is 0. The van der Waals surface area contributed by atoms with Gasteiger partial charge in [-0.05, 0) is 99.8 Å². The molecule has 3 N–H and O–H groups in total. The Morgan fingerprint density at radius 1 is 1.04 bits per heavy atom.